The van der Waals surface area contributed by atoms with Gasteiger partial charge in [0.15, 0.2) is 9.84 Å². The monoisotopic (exact) mass is 541 g/mol. The first-order valence-electron chi connectivity index (χ1n) is 11.3. The molecule has 0 saturated carbocycles. The van der Waals surface area contributed by atoms with E-state index in [2.05, 4.69) is 0 Å². The highest BCUT2D eigenvalue weighted by atomic mass is 35.5. The van der Waals surface area contributed by atoms with Crippen LogP contribution in [0, 0.1) is 0 Å². The second-order valence-electron chi connectivity index (χ2n) is 8.99. The molecule has 3 rings (SSSR count). The van der Waals surface area contributed by atoms with Crippen molar-refractivity contribution in [3.05, 3.63) is 69.7 Å². The van der Waals surface area contributed by atoms with E-state index in [-0.39, 0.29) is 12.2 Å². The SMILES string of the molecule is CC(C)S(=O)(=O)CC[C@H](C)N1C(=O)[C@H](CC(=O)O)O[C@H](c2cccc(Cl)c2)[C@H]1c1ccc(Cl)cc1. The van der Waals surface area contributed by atoms with Crippen molar-refractivity contribution < 1.29 is 27.9 Å². The highest BCUT2D eigenvalue weighted by molar-refractivity contribution is 7.91. The molecule has 1 N–H and O–H groups in total. The van der Waals surface area contributed by atoms with Crippen LogP contribution in [-0.2, 0) is 24.2 Å². The number of halogens is 2. The lowest BCUT2D eigenvalue weighted by Crippen LogP contribution is -2.54. The van der Waals surface area contributed by atoms with Crippen molar-refractivity contribution in [2.24, 2.45) is 0 Å². The lowest BCUT2D eigenvalue weighted by atomic mass is 9.89. The molecule has 1 fully saturated rings. The van der Waals surface area contributed by atoms with Gasteiger partial charge in [-0.2, -0.15) is 0 Å². The largest absolute Gasteiger partial charge is 0.481 e. The normalized spacial score (nSPS) is 21.8. The van der Waals surface area contributed by atoms with Crippen LogP contribution in [0.25, 0.3) is 0 Å². The number of hydrogen-bond acceptors (Lipinski definition) is 5. The van der Waals surface area contributed by atoms with E-state index in [0.29, 0.717) is 15.6 Å². The molecule has 1 heterocycles. The summed E-state index contributed by atoms with van der Waals surface area (Å²) in [4.78, 5) is 26.7. The zero-order valence-electron chi connectivity index (χ0n) is 19.7. The second kappa shape index (κ2) is 11.3. The summed E-state index contributed by atoms with van der Waals surface area (Å²) < 4.78 is 31.1. The average Bonchev–Trinajstić information content (AvgIpc) is 2.78. The second-order valence-corrected chi connectivity index (χ2v) is 12.5. The summed E-state index contributed by atoms with van der Waals surface area (Å²) in [6.45, 7) is 5.01. The van der Waals surface area contributed by atoms with Crippen molar-refractivity contribution in [1.82, 2.24) is 4.90 Å². The summed E-state index contributed by atoms with van der Waals surface area (Å²) in [5.74, 6) is -1.77. The minimum Gasteiger partial charge on any atom is -0.481 e. The third-order valence-electron chi connectivity index (χ3n) is 6.19. The van der Waals surface area contributed by atoms with E-state index in [0.717, 1.165) is 5.56 Å². The molecule has 0 aliphatic carbocycles. The molecule has 0 radical (unpaired) electrons. The smallest absolute Gasteiger partial charge is 0.306 e. The molecule has 2 aromatic carbocycles. The number of rotatable bonds is 9. The van der Waals surface area contributed by atoms with Crippen LogP contribution in [0.1, 0.15) is 56.9 Å². The average molecular weight is 542 g/mol. The predicted molar refractivity (Wildman–Crippen MR) is 135 cm³/mol. The number of carbonyl (C=O) groups excluding carboxylic acids is 1. The molecule has 0 spiro atoms. The molecule has 1 amide bonds. The molecule has 7 nitrogen and oxygen atoms in total. The van der Waals surface area contributed by atoms with Crippen LogP contribution in [0.3, 0.4) is 0 Å². The van der Waals surface area contributed by atoms with Crippen LogP contribution in [-0.4, -0.2) is 53.4 Å². The zero-order chi connectivity index (χ0) is 25.9. The molecule has 1 saturated heterocycles. The number of carbonyl (C=O) groups is 2. The van der Waals surface area contributed by atoms with Crippen LogP contribution in [0.4, 0.5) is 0 Å². The molecule has 0 bridgehead atoms. The molecule has 0 unspecified atom stereocenters. The third kappa shape index (κ3) is 6.55. The number of benzene rings is 2. The summed E-state index contributed by atoms with van der Waals surface area (Å²) in [6, 6.07) is 12.8. The van der Waals surface area contributed by atoms with E-state index < -0.39 is 57.7 Å². The molecule has 10 heteroatoms. The lowest BCUT2D eigenvalue weighted by Gasteiger charge is -2.47. The molecule has 2 aromatic rings. The van der Waals surface area contributed by atoms with Gasteiger partial charge in [0.05, 0.1) is 23.5 Å². The summed E-state index contributed by atoms with van der Waals surface area (Å²) in [5, 5.41) is 9.87. The Hall–Kier alpha value is -2.13. The number of ether oxygens (including phenoxy) is 1. The van der Waals surface area contributed by atoms with Gasteiger partial charge >= 0.3 is 5.97 Å². The Balaban J connectivity index is 2.10. The van der Waals surface area contributed by atoms with Gasteiger partial charge in [0.1, 0.15) is 12.2 Å². The van der Waals surface area contributed by atoms with Crippen LogP contribution < -0.4 is 0 Å². The van der Waals surface area contributed by atoms with Crippen molar-refractivity contribution in [3.8, 4) is 0 Å². The van der Waals surface area contributed by atoms with Crippen molar-refractivity contribution in [2.75, 3.05) is 5.75 Å². The van der Waals surface area contributed by atoms with Gasteiger partial charge in [-0.3, -0.25) is 9.59 Å². The Kier molecular flexibility index (Phi) is 8.86. The fourth-order valence-corrected chi connectivity index (χ4v) is 5.66. The molecule has 1 aliphatic rings. The number of morpholine rings is 1. The van der Waals surface area contributed by atoms with Gasteiger partial charge in [-0.15, -0.1) is 0 Å². The van der Waals surface area contributed by atoms with E-state index in [1.54, 1.807) is 74.2 Å². The number of carboxylic acids is 1. The molecule has 35 heavy (non-hydrogen) atoms. The quantitative estimate of drug-likeness (QED) is 0.475. The maximum atomic E-state index is 13.6. The van der Waals surface area contributed by atoms with Crippen molar-refractivity contribution >= 4 is 44.9 Å². The standard InChI is InChI=1S/C25H29Cl2NO6S/c1-15(2)35(32,33)12-11-16(3)28-23(17-7-9-19(26)10-8-17)24(18-5-4-6-20(27)13-18)34-21(25(28)31)14-22(29)30/h4-10,13,15-16,21,23-24H,11-12,14H2,1-3H3,(H,29,30)/t16-,21-,23+,24+/m0/s1. The Labute approximate surface area is 215 Å². The van der Waals surface area contributed by atoms with Gasteiger partial charge < -0.3 is 14.7 Å². The van der Waals surface area contributed by atoms with Crippen molar-refractivity contribution in [2.45, 2.75) is 63.2 Å². The number of aliphatic carboxylic acids is 1. The number of sulfone groups is 1. The first kappa shape index (κ1) is 27.5. The Morgan fingerprint density at radius 1 is 1.06 bits per heavy atom. The van der Waals surface area contributed by atoms with Gasteiger partial charge in [0.25, 0.3) is 5.91 Å². The fourth-order valence-electron chi connectivity index (χ4n) is 4.19. The topological polar surface area (TPSA) is 101 Å². The number of carboxylic acid groups (broad SMARTS) is 1. The Bertz CT molecular complexity index is 1170. The fraction of sp³-hybridized carbons (Fsp3) is 0.440. The third-order valence-corrected chi connectivity index (χ3v) is 8.92. The molecular weight excluding hydrogens is 513 g/mol. The van der Waals surface area contributed by atoms with Crippen LogP contribution in [0.5, 0.6) is 0 Å². The Morgan fingerprint density at radius 2 is 1.71 bits per heavy atom. The molecule has 4 atom stereocenters. The summed E-state index contributed by atoms with van der Waals surface area (Å²) >= 11 is 12.3. The first-order valence-corrected chi connectivity index (χ1v) is 13.8. The van der Waals surface area contributed by atoms with E-state index >= 15 is 0 Å². The Morgan fingerprint density at radius 3 is 2.29 bits per heavy atom. The first-order chi connectivity index (χ1) is 16.4. The van der Waals surface area contributed by atoms with Crippen molar-refractivity contribution in [3.63, 3.8) is 0 Å². The summed E-state index contributed by atoms with van der Waals surface area (Å²) in [7, 11) is -3.34. The van der Waals surface area contributed by atoms with E-state index in [4.69, 9.17) is 27.9 Å². The minimum absolute atomic E-state index is 0.102. The molecule has 1 aliphatic heterocycles. The number of amides is 1. The number of hydrogen-bond donors (Lipinski definition) is 1. The maximum absolute atomic E-state index is 13.6. The highest BCUT2D eigenvalue weighted by Crippen LogP contribution is 2.44. The summed E-state index contributed by atoms with van der Waals surface area (Å²) in [5.41, 5.74) is 1.40. The van der Waals surface area contributed by atoms with Crippen LogP contribution in [0.15, 0.2) is 48.5 Å². The highest BCUT2D eigenvalue weighted by Gasteiger charge is 2.46. The van der Waals surface area contributed by atoms with Gasteiger partial charge in [-0.25, -0.2) is 8.42 Å². The summed E-state index contributed by atoms with van der Waals surface area (Å²) in [6.07, 6.45) is -2.29. The van der Waals surface area contributed by atoms with E-state index in [1.807, 2.05) is 0 Å². The molecular formula is C25H29Cl2NO6S. The molecule has 190 valence electrons. The van der Waals surface area contributed by atoms with Gasteiger partial charge in [0.2, 0.25) is 0 Å². The predicted octanol–water partition coefficient (Wildman–Crippen LogP) is 5.08. The maximum Gasteiger partial charge on any atom is 0.306 e. The van der Waals surface area contributed by atoms with Crippen LogP contribution in [0.2, 0.25) is 10.0 Å². The lowest BCUT2D eigenvalue weighted by molar-refractivity contribution is -0.182. The number of nitrogens with zero attached hydrogens (tertiary/aromatic N) is 1. The zero-order valence-corrected chi connectivity index (χ0v) is 22.1. The van der Waals surface area contributed by atoms with Crippen molar-refractivity contribution in [1.29, 1.82) is 0 Å². The molecule has 0 aromatic heterocycles. The van der Waals surface area contributed by atoms with E-state index in [1.165, 1.54) is 0 Å². The minimum atomic E-state index is -3.34. The van der Waals surface area contributed by atoms with Gasteiger partial charge in [-0.05, 0) is 62.6 Å². The van der Waals surface area contributed by atoms with Gasteiger partial charge in [-0.1, -0.05) is 47.5 Å². The van der Waals surface area contributed by atoms with Crippen LogP contribution >= 0.6 is 23.2 Å². The van der Waals surface area contributed by atoms with Gasteiger partial charge in [0, 0.05) is 16.1 Å². The van der Waals surface area contributed by atoms with E-state index in [9.17, 15) is 23.1 Å².